The smallest absolute Gasteiger partial charge is 0.0642 e. The molecule has 1 aliphatic rings. The van der Waals surface area contributed by atoms with Gasteiger partial charge in [-0.05, 0) is 24.6 Å². The first-order valence-electron chi connectivity index (χ1n) is 6.99. The number of nitrogens with zero attached hydrogens (tertiary/aromatic N) is 1. The second-order valence-electron chi connectivity index (χ2n) is 3.69. The van der Waals surface area contributed by atoms with Crippen molar-refractivity contribution in [3.63, 3.8) is 0 Å². The number of hydrogen-bond donors (Lipinski definition) is 1. The van der Waals surface area contributed by atoms with E-state index in [1.807, 2.05) is 33.8 Å². The van der Waals surface area contributed by atoms with Gasteiger partial charge < -0.3 is 10.2 Å². The maximum Gasteiger partial charge on any atom is 0.0642 e. The number of piperazine rings is 1. The molecule has 1 heterocycles. The topological polar surface area (TPSA) is 15.3 Å². The third kappa shape index (κ3) is 5.28. The fourth-order valence-electron chi connectivity index (χ4n) is 1.77. The molecule has 104 valence electrons. The van der Waals surface area contributed by atoms with Gasteiger partial charge in [0.25, 0.3) is 0 Å². The highest BCUT2D eigenvalue weighted by Crippen LogP contribution is 2.26. The van der Waals surface area contributed by atoms with Gasteiger partial charge in [-0.15, -0.1) is 0 Å². The molecule has 0 bridgehead atoms. The van der Waals surface area contributed by atoms with Gasteiger partial charge in [-0.2, -0.15) is 0 Å². The highest BCUT2D eigenvalue weighted by Gasteiger charge is 2.12. The predicted octanol–water partition coefficient (Wildman–Crippen LogP) is 4.11. The lowest BCUT2D eigenvalue weighted by atomic mass is 10.2. The largest absolute Gasteiger partial charge is 0.368 e. The monoisotopic (exact) mass is 270 g/mol. The Hall–Kier alpha value is -0.730. The number of halogens is 1. The average Bonchev–Trinajstić information content (AvgIpc) is 2.44. The second-order valence-corrected chi connectivity index (χ2v) is 4.10. The van der Waals surface area contributed by atoms with Gasteiger partial charge in [-0.25, -0.2) is 0 Å². The Morgan fingerprint density at radius 3 is 2.11 bits per heavy atom. The summed E-state index contributed by atoms with van der Waals surface area (Å²) in [6.45, 7) is 14.2. The van der Waals surface area contributed by atoms with E-state index < -0.39 is 0 Å². The van der Waals surface area contributed by atoms with Gasteiger partial charge in [0, 0.05) is 26.2 Å². The zero-order chi connectivity index (χ0) is 14.0. The summed E-state index contributed by atoms with van der Waals surface area (Å²) in [5.41, 5.74) is 2.38. The molecular formula is C15H27ClN2. The minimum atomic E-state index is 0.868. The van der Waals surface area contributed by atoms with Crippen LogP contribution >= 0.6 is 11.6 Å². The molecule has 1 saturated heterocycles. The lowest BCUT2D eigenvalue weighted by Crippen LogP contribution is -2.43. The number of anilines is 1. The van der Waals surface area contributed by atoms with Crippen LogP contribution in [-0.2, 0) is 0 Å². The van der Waals surface area contributed by atoms with Crippen LogP contribution in [0.5, 0.6) is 0 Å². The SMILES string of the molecule is CC.CC.Cc1ccc(N2CCNCC2)c(Cl)c1. The molecule has 1 aromatic carbocycles. The molecule has 0 aliphatic carbocycles. The quantitative estimate of drug-likeness (QED) is 0.826. The van der Waals surface area contributed by atoms with Crippen LogP contribution in [-0.4, -0.2) is 26.2 Å². The van der Waals surface area contributed by atoms with Crippen molar-refractivity contribution < 1.29 is 0 Å². The van der Waals surface area contributed by atoms with Gasteiger partial charge >= 0.3 is 0 Å². The van der Waals surface area contributed by atoms with Gasteiger partial charge in [-0.1, -0.05) is 45.4 Å². The molecule has 3 heteroatoms. The van der Waals surface area contributed by atoms with Crippen LogP contribution < -0.4 is 10.2 Å². The Balaban J connectivity index is 0.000000659. The predicted molar refractivity (Wildman–Crippen MR) is 84.0 cm³/mol. The maximum atomic E-state index is 6.20. The molecule has 1 aromatic rings. The van der Waals surface area contributed by atoms with Gasteiger partial charge in [0.05, 0.1) is 10.7 Å². The minimum Gasteiger partial charge on any atom is -0.368 e. The molecule has 0 amide bonds. The number of rotatable bonds is 1. The van der Waals surface area contributed by atoms with Crippen LogP contribution in [0.25, 0.3) is 0 Å². The normalized spacial score (nSPS) is 14.0. The van der Waals surface area contributed by atoms with Gasteiger partial charge in [-0.3, -0.25) is 0 Å². The summed E-state index contributed by atoms with van der Waals surface area (Å²) < 4.78 is 0. The van der Waals surface area contributed by atoms with Crippen molar-refractivity contribution in [1.82, 2.24) is 5.32 Å². The number of benzene rings is 1. The number of hydrogen-bond acceptors (Lipinski definition) is 2. The highest BCUT2D eigenvalue weighted by atomic mass is 35.5. The molecule has 0 radical (unpaired) electrons. The molecule has 2 rings (SSSR count). The van der Waals surface area contributed by atoms with E-state index in [0.29, 0.717) is 0 Å². The lowest BCUT2D eigenvalue weighted by Gasteiger charge is -2.30. The van der Waals surface area contributed by atoms with Crippen molar-refractivity contribution in [3.05, 3.63) is 28.8 Å². The molecule has 1 N–H and O–H groups in total. The third-order valence-electron chi connectivity index (χ3n) is 2.56. The van der Waals surface area contributed by atoms with E-state index in [0.717, 1.165) is 31.2 Å². The van der Waals surface area contributed by atoms with Crippen LogP contribution in [0.1, 0.15) is 33.3 Å². The Morgan fingerprint density at radius 2 is 1.61 bits per heavy atom. The van der Waals surface area contributed by atoms with Gasteiger partial charge in [0.2, 0.25) is 0 Å². The number of nitrogens with one attached hydrogen (secondary N) is 1. The van der Waals surface area contributed by atoms with E-state index >= 15 is 0 Å². The third-order valence-corrected chi connectivity index (χ3v) is 2.86. The zero-order valence-corrected chi connectivity index (χ0v) is 13.1. The highest BCUT2D eigenvalue weighted by molar-refractivity contribution is 6.33. The Labute approximate surface area is 117 Å². The summed E-state index contributed by atoms with van der Waals surface area (Å²) >= 11 is 6.20. The van der Waals surface area contributed by atoms with Crippen molar-refractivity contribution in [2.45, 2.75) is 34.6 Å². The minimum absolute atomic E-state index is 0.868. The van der Waals surface area contributed by atoms with Gasteiger partial charge in [0.1, 0.15) is 0 Å². The fraction of sp³-hybridized carbons (Fsp3) is 0.600. The summed E-state index contributed by atoms with van der Waals surface area (Å²) in [5, 5.41) is 4.20. The molecule has 2 nitrogen and oxygen atoms in total. The Kier molecular flexibility index (Phi) is 9.80. The molecule has 18 heavy (non-hydrogen) atoms. The van der Waals surface area contributed by atoms with E-state index in [1.165, 1.54) is 11.3 Å². The molecule has 0 spiro atoms. The molecule has 0 aromatic heterocycles. The van der Waals surface area contributed by atoms with E-state index in [-0.39, 0.29) is 0 Å². The fourth-order valence-corrected chi connectivity index (χ4v) is 2.13. The molecule has 1 fully saturated rings. The van der Waals surface area contributed by atoms with Crippen molar-refractivity contribution in [2.75, 3.05) is 31.1 Å². The summed E-state index contributed by atoms with van der Waals surface area (Å²) in [6, 6.07) is 6.26. The van der Waals surface area contributed by atoms with Crippen LogP contribution in [0, 0.1) is 6.92 Å². The molecular weight excluding hydrogens is 244 g/mol. The maximum absolute atomic E-state index is 6.20. The first-order valence-corrected chi connectivity index (χ1v) is 7.37. The van der Waals surface area contributed by atoms with Crippen LogP contribution in [0.2, 0.25) is 5.02 Å². The first kappa shape index (κ1) is 17.3. The molecule has 1 aliphatic heterocycles. The van der Waals surface area contributed by atoms with E-state index in [2.05, 4.69) is 29.3 Å². The molecule has 0 saturated carbocycles. The standard InChI is InChI=1S/C11H15ClN2.2C2H6/c1-9-2-3-11(10(12)8-9)14-6-4-13-5-7-14;2*1-2/h2-3,8,13H,4-7H2,1H3;2*1-2H3. The summed E-state index contributed by atoms with van der Waals surface area (Å²) in [4.78, 5) is 2.33. The van der Waals surface area contributed by atoms with Crippen LogP contribution in [0.3, 0.4) is 0 Å². The van der Waals surface area contributed by atoms with E-state index in [4.69, 9.17) is 11.6 Å². The second kappa shape index (κ2) is 10.2. The zero-order valence-electron chi connectivity index (χ0n) is 12.4. The lowest BCUT2D eigenvalue weighted by molar-refractivity contribution is 0.589. The first-order chi connectivity index (χ1) is 8.77. The Morgan fingerprint density at radius 1 is 1.06 bits per heavy atom. The molecule has 0 unspecified atom stereocenters. The summed E-state index contributed by atoms with van der Waals surface area (Å²) in [5.74, 6) is 0. The average molecular weight is 271 g/mol. The van der Waals surface area contributed by atoms with Crippen LogP contribution in [0.15, 0.2) is 18.2 Å². The van der Waals surface area contributed by atoms with Crippen molar-refractivity contribution >= 4 is 17.3 Å². The number of aryl methyl sites for hydroxylation is 1. The van der Waals surface area contributed by atoms with Crippen molar-refractivity contribution in [1.29, 1.82) is 0 Å². The van der Waals surface area contributed by atoms with Crippen LogP contribution in [0.4, 0.5) is 5.69 Å². The van der Waals surface area contributed by atoms with Crippen molar-refractivity contribution in [3.8, 4) is 0 Å². The van der Waals surface area contributed by atoms with Crippen molar-refractivity contribution in [2.24, 2.45) is 0 Å². The summed E-state index contributed by atoms with van der Waals surface area (Å²) in [6.07, 6.45) is 0. The molecule has 0 atom stereocenters. The summed E-state index contributed by atoms with van der Waals surface area (Å²) in [7, 11) is 0. The Bertz CT molecular complexity index is 320. The van der Waals surface area contributed by atoms with E-state index in [9.17, 15) is 0 Å². The van der Waals surface area contributed by atoms with Gasteiger partial charge in [0.15, 0.2) is 0 Å². The van der Waals surface area contributed by atoms with E-state index in [1.54, 1.807) is 0 Å².